The SMILES string of the molecule is CNC(C)c1ccc(Br)cc1OCC(=O)NCC(F)(F)F. The van der Waals surface area contributed by atoms with Gasteiger partial charge in [-0.25, -0.2) is 0 Å². The second-order valence-corrected chi connectivity index (χ2v) is 5.29. The molecular formula is C13H16BrF3N2O2. The molecule has 4 nitrogen and oxygen atoms in total. The third-order valence-electron chi connectivity index (χ3n) is 2.72. The third-order valence-corrected chi connectivity index (χ3v) is 3.21. The molecule has 0 heterocycles. The number of halogens is 4. The Labute approximate surface area is 129 Å². The van der Waals surface area contributed by atoms with Crippen LogP contribution >= 0.6 is 15.9 Å². The van der Waals surface area contributed by atoms with E-state index in [-0.39, 0.29) is 6.04 Å². The highest BCUT2D eigenvalue weighted by molar-refractivity contribution is 9.10. The smallest absolute Gasteiger partial charge is 0.405 e. The summed E-state index contributed by atoms with van der Waals surface area (Å²) in [5.41, 5.74) is 0.810. The van der Waals surface area contributed by atoms with E-state index in [1.165, 1.54) is 0 Å². The van der Waals surface area contributed by atoms with Gasteiger partial charge in [0, 0.05) is 16.1 Å². The Hall–Kier alpha value is -1.28. The van der Waals surface area contributed by atoms with Gasteiger partial charge in [-0.1, -0.05) is 22.0 Å². The predicted octanol–water partition coefficient (Wildman–Crippen LogP) is 2.79. The number of alkyl halides is 3. The lowest BCUT2D eigenvalue weighted by Crippen LogP contribution is -2.36. The molecule has 0 aliphatic heterocycles. The second-order valence-electron chi connectivity index (χ2n) is 4.37. The molecule has 0 saturated carbocycles. The minimum absolute atomic E-state index is 0.0219. The van der Waals surface area contributed by atoms with Gasteiger partial charge in [0.1, 0.15) is 12.3 Å². The second kappa shape index (κ2) is 7.65. The molecule has 0 fully saturated rings. The fraction of sp³-hybridized carbons (Fsp3) is 0.462. The molecule has 1 atom stereocenters. The Kier molecular flexibility index (Phi) is 6.47. The Morgan fingerprint density at radius 3 is 2.67 bits per heavy atom. The van der Waals surface area contributed by atoms with E-state index in [1.807, 2.05) is 19.1 Å². The first-order valence-corrected chi connectivity index (χ1v) is 6.95. The molecule has 0 bridgehead atoms. The molecule has 1 rings (SSSR count). The maximum atomic E-state index is 12.0. The van der Waals surface area contributed by atoms with E-state index in [9.17, 15) is 18.0 Å². The van der Waals surface area contributed by atoms with Gasteiger partial charge in [0.25, 0.3) is 5.91 Å². The van der Waals surface area contributed by atoms with Crippen molar-refractivity contribution >= 4 is 21.8 Å². The van der Waals surface area contributed by atoms with E-state index in [0.717, 1.165) is 10.0 Å². The summed E-state index contributed by atoms with van der Waals surface area (Å²) in [6, 6.07) is 5.28. The van der Waals surface area contributed by atoms with Crippen molar-refractivity contribution in [3.63, 3.8) is 0 Å². The Balaban J connectivity index is 2.66. The summed E-state index contributed by atoms with van der Waals surface area (Å²) in [5, 5.41) is 4.78. The van der Waals surface area contributed by atoms with E-state index in [4.69, 9.17) is 4.74 Å². The van der Waals surface area contributed by atoms with Crippen LogP contribution in [0.2, 0.25) is 0 Å². The lowest BCUT2D eigenvalue weighted by Gasteiger charge is -2.17. The van der Waals surface area contributed by atoms with Gasteiger partial charge in [-0.3, -0.25) is 4.79 Å². The Morgan fingerprint density at radius 2 is 2.10 bits per heavy atom. The van der Waals surface area contributed by atoms with Gasteiger partial charge in [-0.05, 0) is 26.1 Å². The van der Waals surface area contributed by atoms with Gasteiger partial charge in [0.05, 0.1) is 0 Å². The highest BCUT2D eigenvalue weighted by Gasteiger charge is 2.27. The van der Waals surface area contributed by atoms with E-state index in [0.29, 0.717) is 5.75 Å². The average Bonchev–Trinajstić information content (AvgIpc) is 2.41. The molecule has 0 aliphatic carbocycles. The number of benzene rings is 1. The van der Waals surface area contributed by atoms with Crippen LogP contribution in [0.3, 0.4) is 0 Å². The summed E-state index contributed by atoms with van der Waals surface area (Å²) >= 11 is 3.28. The molecule has 1 unspecified atom stereocenters. The van der Waals surface area contributed by atoms with Crippen molar-refractivity contribution in [1.29, 1.82) is 0 Å². The Bertz CT molecular complexity index is 495. The van der Waals surface area contributed by atoms with Crippen LogP contribution in [0.15, 0.2) is 22.7 Å². The van der Waals surface area contributed by atoms with Crippen LogP contribution < -0.4 is 15.4 Å². The van der Waals surface area contributed by atoms with Crippen molar-refractivity contribution in [2.45, 2.75) is 19.1 Å². The van der Waals surface area contributed by atoms with Crippen molar-refractivity contribution in [2.24, 2.45) is 0 Å². The largest absolute Gasteiger partial charge is 0.483 e. The molecular weight excluding hydrogens is 353 g/mol. The number of carbonyl (C=O) groups excluding carboxylic acids is 1. The van der Waals surface area contributed by atoms with Crippen LogP contribution in [0.4, 0.5) is 13.2 Å². The monoisotopic (exact) mass is 368 g/mol. The van der Waals surface area contributed by atoms with E-state index >= 15 is 0 Å². The quantitative estimate of drug-likeness (QED) is 0.811. The van der Waals surface area contributed by atoms with Crippen molar-refractivity contribution in [3.05, 3.63) is 28.2 Å². The molecule has 1 aromatic carbocycles. The third kappa shape index (κ3) is 6.34. The first-order valence-electron chi connectivity index (χ1n) is 6.16. The lowest BCUT2D eigenvalue weighted by molar-refractivity contribution is -0.139. The topological polar surface area (TPSA) is 50.4 Å². The van der Waals surface area contributed by atoms with Gasteiger partial charge < -0.3 is 15.4 Å². The summed E-state index contributed by atoms with van der Waals surface area (Å²) in [6.07, 6.45) is -4.43. The number of amides is 1. The number of nitrogens with one attached hydrogen (secondary N) is 2. The zero-order chi connectivity index (χ0) is 16.0. The standard InChI is InChI=1S/C13H16BrF3N2O2/c1-8(18-2)10-4-3-9(14)5-11(10)21-6-12(20)19-7-13(15,16)17/h3-5,8,18H,6-7H2,1-2H3,(H,19,20). The first-order chi connectivity index (χ1) is 9.73. The van der Waals surface area contributed by atoms with E-state index in [1.54, 1.807) is 18.4 Å². The number of rotatable bonds is 6. The van der Waals surface area contributed by atoms with Gasteiger partial charge in [-0.15, -0.1) is 0 Å². The van der Waals surface area contributed by atoms with Crippen molar-refractivity contribution < 1.29 is 22.7 Å². The summed E-state index contributed by atoms with van der Waals surface area (Å²) in [4.78, 5) is 11.3. The fourth-order valence-corrected chi connectivity index (χ4v) is 1.88. The minimum atomic E-state index is -4.43. The van der Waals surface area contributed by atoms with Gasteiger partial charge in [0.15, 0.2) is 6.61 Å². The molecule has 0 aliphatic rings. The molecule has 2 N–H and O–H groups in total. The van der Waals surface area contributed by atoms with Crippen LogP contribution in [-0.4, -0.2) is 32.3 Å². The number of hydrogen-bond donors (Lipinski definition) is 2. The molecule has 118 valence electrons. The van der Waals surface area contributed by atoms with Crippen LogP contribution in [-0.2, 0) is 4.79 Å². The van der Waals surface area contributed by atoms with Crippen molar-refractivity contribution in [1.82, 2.24) is 10.6 Å². The highest BCUT2D eigenvalue weighted by Crippen LogP contribution is 2.28. The molecule has 0 radical (unpaired) electrons. The van der Waals surface area contributed by atoms with Crippen molar-refractivity contribution in [2.75, 3.05) is 20.2 Å². The summed E-state index contributed by atoms with van der Waals surface area (Å²) in [5.74, 6) is -0.385. The molecule has 8 heteroatoms. The van der Waals surface area contributed by atoms with Crippen molar-refractivity contribution in [3.8, 4) is 5.75 Å². The van der Waals surface area contributed by atoms with E-state index in [2.05, 4.69) is 21.2 Å². The number of carbonyl (C=O) groups is 1. The lowest BCUT2D eigenvalue weighted by atomic mass is 10.1. The maximum Gasteiger partial charge on any atom is 0.405 e. The van der Waals surface area contributed by atoms with Gasteiger partial charge in [0.2, 0.25) is 0 Å². The normalized spacial score (nSPS) is 12.9. The van der Waals surface area contributed by atoms with Crippen LogP contribution in [0.25, 0.3) is 0 Å². The summed E-state index contributed by atoms with van der Waals surface area (Å²) in [7, 11) is 1.77. The fourth-order valence-electron chi connectivity index (χ4n) is 1.54. The number of ether oxygens (including phenoxy) is 1. The van der Waals surface area contributed by atoms with Crippen LogP contribution in [0.1, 0.15) is 18.5 Å². The number of hydrogen-bond acceptors (Lipinski definition) is 3. The predicted molar refractivity (Wildman–Crippen MR) is 76.2 cm³/mol. The summed E-state index contributed by atoms with van der Waals surface area (Å²) < 4.78 is 42.0. The zero-order valence-electron chi connectivity index (χ0n) is 11.6. The van der Waals surface area contributed by atoms with Gasteiger partial charge in [-0.2, -0.15) is 13.2 Å². The summed E-state index contributed by atoms with van der Waals surface area (Å²) in [6.45, 7) is 0.0588. The molecule has 1 aromatic rings. The Morgan fingerprint density at radius 1 is 1.43 bits per heavy atom. The molecule has 21 heavy (non-hydrogen) atoms. The van der Waals surface area contributed by atoms with Gasteiger partial charge >= 0.3 is 6.18 Å². The molecule has 0 spiro atoms. The van der Waals surface area contributed by atoms with Crippen LogP contribution in [0.5, 0.6) is 5.75 Å². The highest BCUT2D eigenvalue weighted by atomic mass is 79.9. The molecule has 0 aromatic heterocycles. The van der Waals surface area contributed by atoms with Crippen LogP contribution in [0, 0.1) is 0 Å². The zero-order valence-corrected chi connectivity index (χ0v) is 13.1. The minimum Gasteiger partial charge on any atom is -0.483 e. The van der Waals surface area contributed by atoms with E-state index < -0.39 is 25.2 Å². The molecule has 1 amide bonds. The first kappa shape index (κ1) is 17.8. The maximum absolute atomic E-state index is 12.0. The average molecular weight is 369 g/mol. The molecule has 0 saturated heterocycles.